The maximum Gasteiger partial charge on any atom is 0.0579 e. The van der Waals surface area contributed by atoms with E-state index in [1.54, 1.807) is 0 Å². The molecule has 2 aromatic carbocycles. The van der Waals surface area contributed by atoms with E-state index < -0.39 is 0 Å². The van der Waals surface area contributed by atoms with Gasteiger partial charge in [0, 0.05) is 11.6 Å². The molecule has 4 heteroatoms. The summed E-state index contributed by atoms with van der Waals surface area (Å²) in [7, 11) is 0. The van der Waals surface area contributed by atoms with E-state index >= 15 is 0 Å². The third-order valence-corrected chi connectivity index (χ3v) is 4.42. The van der Waals surface area contributed by atoms with Crippen molar-refractivity contribution in [1.82, 2.24) is 5.32 Å². The largest absolute Gasteiger partial charge is 0.396 e. The van der Waals surface area contributed by atoms with Crippen LogP contribution >= 0.6 is 11.6 Å². The Labute approximate surface area is 135 Å². The minimum atomic E-state index is -0.153. The second-order valence-corrected chi connectivity index (χ2v) is 6.36. The van der Waals surface area contributed by atoms with Gasteiger partial charge in [0.15, 0.2) is 0 Å². The Kier molecular flexibility index (Phi) is 4.79. The van der Waals surface area contributed by atoms with Gasteiger partial charge in [0.1, 0.15) is 0 Å². The Morgan fingerprint density at radius 1 is 1.05 bits per heavy atom. The zero-order valence-corrected chi connectivity index (χ0v) is 13.1. The van der Waals surface area contributed by atoms with Crippen molar-refractivity contribution in [2.45, 2.75) is 6.04 Å². The van der Waals surface area contributed by atoms with E-state index in [0.29, 0.717) is 19.8 Å². The van der Waals surface area contributed by atoms with Crippen molar-refractivity contribution in [2.24, 2.45) is 5.41 Å². The van der Waals surface area contributed by atoms with Crippen molar-refractivity contribution in [2.75, 3.05) is 26.4 Å². The van der Waals surface area contributed by atoms with E-state index in [2.05, 4.69) is 17.4 Å². The number of ether oxygens (including phenoxy) is 1. The average Bonchev–Trinajstić information content (AvgIpc) is 2.52. The topological polar surface area (TPSA) is 41.5 Å². The minimum Gasteiger partial charge on any atom is -0.396 e. The summed E-state index contributed by atoms with van der Waals surface area (Å²) in [5.41, 5.74) is 2.20. The number of hydrogen-bond acceptors (Lipinski definition) is 3. The van der Waals surface area contributed by atoms with Crippen LogP contribution in [0.5, 0.6) is 0 Å². The summed E-state index contributed by atoms with van der Waals surface area (Å²) in [5.74, 6) is 0. The molecule has 0 saturated carbocycles. The fourth-order valence-corrected chi connectivity index (χ4v) is 2.81. The van der Waals surface area contributed by atoms with Crippen LogP contribution in [0.2, 0.25) is 5.02 Å². The van der Waals surface area contributed by atoms with E-state index in [-0.39, 0.29) is 18.1 Å². The number of aliphatic hydroxyl groups excluding tert-OH is 1. The van der Waals surface area contributed by atoms with Gasteiger partial charge in [0.05, 0.1) is 31.3 Å². The van der Waals surface area contributed by atoms with E-state index in [0.717, 1.165) is 10.6 Å². The molecule has 1 heterocycles. The molecular formula is C18H20ClNO2. The fourth-order valence-electron chi connectivity index (χ4n) is 2.69. The van der Waals surface area contributed by atoms with Gasteiger partial charge in [-0.2, -0.15) is 0 Å². The Morgan fingerprint density at radius 2 is 1.68 bits per heavy atom. The molecule has 3 rings (SSSR count). The molecule has 0 aromatic heterocycles. The van der Waals surface area contributed by atoms with Crippen molar-refractivity contribution in [3.63, 3.8) is 0 Å². The van der Waals surface area contributed by atoms with Gasteiger partial charge in [-0.3, -0.25) is 0 Å². The van der Waals surface area contributed by atoms with E-state index in [1.165, 1.54) is 5.56 Å². The third-order valence-electron chi connectivity index (χ3n) is 4.17. The van der Waals surface area contributed by atoms with Crippen LogP contribution < -0.4 is 5.32 Å². The van der Waals surface area contributed by atoms with Crippen LogP contribution in [0.1, 0.15) is 17.2 Å². The molecule has 22 heavy (non-hydrogen) atoms. The first-order chi connectivity index (χ1) is 10.7. The van der Waals surface area contributed by atoms with Crippen molar-refractivity contribution in [3.8, 4) is 0 Å². The van der Waals surface area contributed by atoms with Crippen LogP contribution in [0.4, 0.5) is 0 Å². The molecule has 0 amide bonds. The van der Waals surface area contributed by atoms with E-state index in [1.807, 2.05) is 42.5 Å². The highest BCUT2D eigenvalue weighted by Gasteiger charge is 2.38. The predicted octanol–water partition coefficient (Wildman–Crippen LogP) is 3.03. The molecule has 1 aliphatic heterocycles. The molecule has 1 unspecified atom stereocenters. The zero-order valence-electron chi connectivity index (χ0n) is 12.3. The lowest BCUT2D eigenvalue weighted by Crippen LogP contribution is -2.52. The molecule has 0 bridgehead atoms. The second-order valence-electron chi connectivity index (χ2n) is 5.93. The summed E-state index contributed by atoms with van der Waals surface area (Å²) < 4.78 is 5.27. The summed E-state index contributed by atoms with van der Waals surface area (Å²) in [6, 6.07) is 18.3. The molecule has 0 spiro atoms. The normalized spacial score (nSPS) is 17.7. The zero-order chi connectivity index (χ0) is 15.4. The van der Waals surface area contributed by atoms with Crippen molar-refractivity contribution >= 4 is 11.6 Å². The molecule has 1 saturated heterocycles. The molecule has 3 nitrogen and oxygen atoms in total. The Hall–Kier alpha value is -1.39. The first kappa shape index (κ1) is 15.5. The molecule has 0 aliphatic carbocycles. The molecular weight excluding hydrogens is 298 g/mol. The molecule has 1 fully saturated rings. The van der Waals surface area contributed by atoms with Gasteiger partial charge in [-0.15, -0.1) is 0 Å². The predicted molar refractivity (Wildman–Crippen MR) is 88.1 cm³/mol. The molecule has 1 aliphatic rings. The van der Waals surface area contributed by atoms with Crippen LogP contribution in [0.25, 0.3) is 0 Å². The lowest BCUT2D eigenvalue weighted by molar-refractivity contribution is -0.134. The number of rotatable bonds is 6. The molecule has 1 atom stereocenters. The van der Waals surface area contributed by atoms with Crippen LogP contribution in [-0.2, 0) is 4.74 Å². The number of halogens is 1. The molecule has 0 radical (unpaired) electrons. The van der Waals surface area contributed by atoms with Gasteiger partial charge in [0.2, 0.25) is 0 Å². The van der Waals surface area contributed by atoms with Crippen LogP contribution in [0.15, 0.2) is 54.6 Å². The van der Waals surface area contributed by atoms with Gasteiger partial charge in [0.25, 0.3) is 0 Å². The Balaban J connectivity index is 1.81. The van der Waals surface area contributed by atoms with Crippen molar-refractivity contribution in [1.29, 1.82) is 0 Å². The third kappa shape index (κ3) is 3.33. The standard InChI is InChI=1S/C18H20ClNO2/c19-16-8-6-15(7-9-16)17(14-4-2-1-3-5-14)20-10-18(11-21)12-22-13-18/h1-9,17,20-21H,10-13H2. The highest BCUT2D eigenvalue weighted by molar-refractivity contribution is 6.30. The summed E-state index contributed by atoms with van der Waals surface area (Å²) in [6.45, 7) is 2.07. The number of benzene rings is 2. The molecule has 2 aromatic rings. The van der Waals surface area contributed by atoms with Crippen molar-refractivity contribution < 1.29 is 9.84 Å². The summed E-state index contributed by atoms with van der Waals surface area (Å²) >= 11 is 6.00. The number of nitrogens with one attached hydrogen (secondary N) is 1. The second kappa shape index (κ2) is 6.80. The van der Waals surface area contributed by atoms with Crippen LogP contribution in [-0.4, -0.2) is 31.5 Å². The lowest BCUT2D eigenvalue weighted by Gasteiger charge is -2.41. The monoisotopic (exact) mass is 317 g/mol. The van der Waals surface area contributed by atoms with Crippen molar-refractivity contribution in [3.05, 3.63) is 70.7 Å². The number of aliphatic hydroxyl groups is 1. The summed E-state index contributed by atoms with van der Waals surface area (Å²) in [4.78, 5) is 0. The van der Waals surface area contributed by atoms with Gasteiger partial charge in [-0.05, 0) is 23.3 Å². The summed E-state index contributed by atoms with van der Waals surface area (Å²) in [5, 5.41) is 13.9. The first-order valence-electron chi connectivity index (χ1n) is 7.45. The van der Waals surface area contributed by atoms with Gasteiger partial charge in [-0.1, -0.05) is 54.1 Å². The fraction of sp³-hybridized carbons (Fsp3) is 0.333. The number of hydrogen-bond donors (Lipinski definition) is 2. The minimum absolute atomic E-state index is 0.0718. The quantitative estimate of drug-likeness (QED) is 0.860. The van der Waals surface area contributed by atoms with Crippen LogP contribution in [0.3, 0.4) is 0 Å². The SMILES string of the molecule is OCC1(CNC(c2ccccc2)c2ccc(Cl)cc2)COC1. The highest BCUT2D eigenvalue weighted by Crippen LogP contribution is 2.29. The van der Waals surface area contributed by atoms with E-state index in [9.17, 15) is 5.11 Å². The smallest absolute Gasteiger partial charge is 0.0579 e. The average molecular weight is 318 g/mol. The molecule has 2 N–H and O–H groups in total. The highest BCUT2D eigenvalue weighted by atomic mass is 35.5. The maximum absolute atomic E-state index is 9.59. The summed E-state index contributed by atoms with van der Waals surface area (Å²) in [6.07, 6.45) is 0. The maximum atomic E-state index is 9.59. The Morgan fingerprint density at radius 3 is 2.23 bits per heavy atom. The lowest BCUT2D eigenvalue weighted by atomic mass is 9.86. The Bertz CT molecular complexity index is 591. The molecule has 116 valence electrons. The van der Waals surface area contributed by atoms with Crippen LogP contribution in [0, 0.1) is 5.41 Å². The first-order valence-corrected chi connectivity index (χ1v) is 7.83. The van der Waals surface area contributed by atoms with Gasteiger partial charge in [-0.25, -0.2) is 0 Å². The van der Waals surface area contributed by atoms with E-state index in [4.69, 9.17) is 16.3 Å². The van der Waals surface area contributed by atoms with Gasteiger partial charge < -0.3 is 15.2 Å². The van der Waals surface area contributed by atoms with Gasteiger partial charge >= 0.3 is 0 Å².